The minimum absolute atomic E-state index is 0.0302. The van der Waals surface area contributed by atoms with Crippen LogP contribution in [0.2, 0.25) is 0 Å². The number of benzene rings is 2. The summed E-state index contributed by atoms with van der Waals surface area (Å²) in [5.74, 6) is -0.138. The van der Waals surface area contributed by atoms with Crippen LogP contribution in [0.5, 0.6) is 0 Å². The van der Waals surface area contributed by atoms with Gasteiger partial charge in [-0.3, -0.25) is 29.6 Å². The van der Waals surface area contributed by atoms with Crippen LogP contribution in [0.3, 0.4) is 0 Å². The third-order valence-electron chi connectivity index (χ3n) is 4.72. The first-order valence-corrected chi connectivity index (χ1v) is 8.98. The number of fused-ring (bicyclic) bond motifs is 1. The summed E-state index contributed by atoms with van der Waals surface area (Å²) < 4.78 is 1.79. The Bertz CT molecular complexity index is 1350. The molecule has 0 atom stereocenters. The van der Waals surface area contributed by atoms with E-state index in [-0.39, 0.29) is 11.1 Å². The highest BCUT2D eigenvalue weighted by molar-refractivity contribution is 6.06. The van der Waals surface area contributed by atoms with E-state index in [9.17, 15) is 25.0 Å². The molecule has 0 bridgehead atoms. The Kier molecular flexibility index (Phi) is 4.83. The Labute approximate surface area is 174 Å². The molecule has 31 heavy (non-hydrogen) atoms. The predicted molar refractivity (Wildman–Crippen MR) is 111 cm³/mol. The Morgan fingerprint density at radius 3 is 2.48 bits per heavy atom. The summed E-state index contributed by atoms with van der Waals surface area (Å²) in [6.45, 7) is 1.36. The SMILES string of the molecule is Cc1c(C(=O)Nc2ccc(-n3cnc4ccccc43)nc2)cc([N+](=O)[O-])cc1[N+](=O)[O-]. The highest BCUT2D eigenvalue weighted by Crippen LogP contribution is 2.28. The van der Waals surface area contributed by atoms with E-state index >= 15 is 0 Å². The number of nitro groups is 2. The van der Waals surface area contributed by atoms with Crippen molar-refractivity contribution in [1.82, 2.24) is 14.5 Å². The second kappa shape index (κ2) is 7.63. The molecule has 1 amide bonds. The number of imidazole rings is 1. The van der Waals surface area contributed by atoms with Gasteiger partial charge in [0.25, 0.3) is 17.3 Å². The van der Waals surface area contributed by atoms with Crippen molar-refractivity contribution in [1.29, 1.82) is 0 Å². The topological polar surface area (TPSA) is 146 Å². The molecular weight excluding hydrogens is 404 g/mol. The van der Waals surface area contributed by atoms with Crippen molar-refractivity contribution >= 4 is 34.0 Å². The Balaban J connectivity index is 1.62. The number of pyridine rings is 1. The largest absolute Gasteiger partial charge is 0.321 e. The maximum absolute atomic E-state index is 12.7. The van der Waals surface area contributed by atoms with Crippen molar-refractivity contribution in [3.8, 4) is 5.82 Å². The number of hydrogen-bond acceptors (Lipinski definition) is 7. The van der Waals surface area contributed by atoms with Crippen LogP contribution >= 0.6 is 0 Å². The summed E-state index contributed by atoms with van der Waals surface area (Å²) >= 11 is 0. The maximum Gasteiger partial charge on any atom is 0.279 e. The van der Waals surface area contributed by atoms with E-state index in [0.717, 1.165) is 23.2 Å². The minimum atomic E-state index is -0.783. The average molecular weight is 418 g/mol. The van der Waals surface area contributed by atoms with Gasteiger partial charge in [-0.1, -0.05) is 12.1 Å². The molecule has 2 aromatic carbocycles. The zero-order chi connectivity index (χ0) is 22.1. The Hall–Kier alpha value is -4.67. The molecule has 0 radical (unpaired) electrons. The van der Waals surface area contributed by atoms with Gasteiger partial charge >= 0.3 is 0 Å². The molecule has 154 valence electrons. The Morgan fingerprint density at radius 1 is 1.03 bits per heavy atom. The van der Waals surface area contributed by atoms with Gasteiger partial charge in [0.15, 0.2) is 0 Å². The smallest absolute Gasteiger partial charge is 0.279 e. The predicted octanol–water partition coefficient (Wildman–Crippen LogP) is 3.80. The number of carbonyl (C=O) groups excluding carboxylic acids is 1. The monoisotopic (exact) mass is 418 g/mol. The lowest BCUT2D eigenvalue weighted by molar-refractivity contribution is -0.394. The first-order valence-electron chi connectivity index (χ1n) is 8.98. The molecule has 4 aromatic rings. The van der Waals surface area contributed by atoms with E-state index in [1.807, 2.05) is 24.3 Å². The standard InChI is InChI=1S/C20H14N6O5/c1-12-15(8-14(25(28)29)9-18(12)26(30)31)20(27)23-13-6-7-19(21-10-13)24-11-22-16-4-2-3-5-17(16)24/h2-11H,1H3,(H,23,27). The molecule has 0 aliphatic carbocycles. The number of nitro benzene ring substituents is 2. The summed E-state index contributed by atoms with van der Waals surface area (Å²) in [4.78, 5) is 42.1. The van der Waals surface area contributed by atoms with Gasteiger partial charge in [0.1, 0.15) is 12.1 Å². The van der Waals surface area contributed by atoms with Gasteiger partial charge < -0.3 is 5.32 Å². The van der Waals surface area contributed by atoms with Crippen molar-refractivity contribution < 1.29 is 14.6 Å². The fraction of sp³-hybridized carbons (Fsp3) is 0.0500. The molecule has 1 N–H and O–H groups in total. The average Bonchev–Trinajstić information content (AvgIpc) is 3.18. The number of rotatable bonds is 5. The molecule has 11 nitrogen and oxygen atoms in total. The normalized spacial score (nSPS) is 10.7. The van der Waals surface area contributed by atoms with E-state index in [2.05, 4.69) is 15.3 Å². The van der Waals surface area contributed by atoms with Crippen molar-refractivity contribution in [2.24, 2.45) is 0 Å². The van der Waals surface area contributed by atoms with Crippen LogP contribution in [0.15, 0.2) is 61.1 Å². The molecule has 0 saturated carbocycles. The van der Waals surface area contributed by atoms with Crippen LogP contribution in [0, 0.1) is 27.2 Å². The second-order valence-electron chi connectivity index (χ2n) is 6.61. The van der Waals surface area contributed by atoms with E-state index < -0.39 is 27.1 Å². The lowest BCUT2D eigenvalue weighted by atomic mass is 10.0. The van der Waals surface area contributed by atoms with Crippen molar-refractivity contribution in [2.45, 2.75) is 6.92 Å². The molecule has 2 heterocycles. The third kappa shape index (κ3) is 3.67. The summed E-state index contributed by atoms with van der Waals surface area (Å²) in [5, 5.41) is 24.9. The van der Waals surface area contributed by atoms with Gasteiger partial charge in [-0.25, -0.2) is 9.97 Å². The van der Waals surface area contributed by atoms with Crippen LogP contribution < -0.4 is 5.32 Å². The van der Waals surface area contributed by atoms with Gasteiger partial charge in [-0.05, 0) is 31.2 Å². The number of non-ortho nitro benzene ring substituents is 1. The first-order chi connectivity index (χ1) is 14.8. The molecule has 0 fully saturated rings. The van der Waals surface area contributed by atoms with Crippen LogP contribution in [-0.4, -0.2) is 30.3 Å². The van der Waals surface area contributed by atoms with Crippen LogP contribution in [0.1, 0.15) is 15.9 Å². The van der Waals surface area contributed by atoms with Crippen molar-refractivity contribution in [3.05, 3.63) is 92.4 Å². The lowest BCUT2D eigenvalue weighted by Gasteiger charge is -2.09. The molecule has 0 spiro atoms. The maximum atomic E-state index is 12.7. The fourth-order valence-corrected chi connectivity index (χ4v) is 3.16. The fourth-order valence-electron chi connectivity index (χ4n) is 3.16. The summed E-state index contributed by atoms with van der Waals surface area (Å²) in [6, 6.07) is 12.7. The zero-order valence-corrected chi connectivity index (χ0v) is 16.1. The number of hydrogen-bond donors (Lipinski definition) is 1. The summed E-state index contributed by atoms with van der Waals surface area (Å²) in [6.07, 6.45) is 3.06. The van der Waals surface area contributed by atoms with Crippen molar-refractivity contribution in [3.63, 3.8) is 0 Å². The summed E-state index contributed by atoms with van der Waals surface area (Å²) in [5.41, 5.74) is 0.832. The van der Waals surface area contributed by atoms with E-state index in [0.29, 0.717) is 11.5 Å². The summed E-state index contributed by atoms with van der Waals surface area (Å²) in [7, 11) is 0. The van der Waals surface area contributed by atoms with Gasteiger partial charge in [-0.2, -0.15) is 0 Å². The number of nitrogens with zero attached hydrogens (tertiary/aromatic N) is 5. The number of amides is 1. The first kappa shape index (κ1) is 19.6. The van der Waals surface area contributed by atoms with Crippen LogP contribution in [0.4, 0.5) is 17.1 Å². The van der Waals surface area contributed by atoms with E-state index in [1.165, 1.54) is 13.1 Å². The molecule has 0 aliphatic rings. The molecule has 2 aromatic heterocycles. The molecular formula is C20H14N6O5. The third-order valence-corrected chi connectivity index (χ3v) is 4.72. The van der Waals surface area contributed by atoms with Gasteiger partial charge in [0.2, 0.25) is 0 Å². The highest BCUT2D eigenvalue weighted by Gasteiger charge is 2.24. The van der Waals surface area contributed by atoms with Crippen molar-refractivity contribution in [2.75, 3.05) is 5.32 Å². The number of anilines is 1. The van der Waals surface area contributed by atoms with Gasteiger partial charge in [-0.15, -0.1) is 0 Å². The number of aromatic nitrogens is 3. The number of nitrogens with one attached hydrogen (secondary N) is 1. The van der Waals surface area contributed by atoms with Gasteiger partial charge in [0.05, 0.1) is 44.4 Å². The number of para-hydroxylation sites is 2. The molecule has 11 heteroatoms. The van der Waals surface area contributed by atoms with Crippen LogP contribution in [0.25, 0.3) is 16.9 Å². The number of carbonyl (C=O) groups is 1. The minimum Gasteiger partial charge on any atom is -0.321 e. The van der Waals surface area contributed by atoms with E-state index in [1.54, 1.807) is 23.0 Å². The van der Waals surface area contributed by atoms with Gasteiger partial charge in [0, 0.05) is 11.6 Å². The molecule has 0 unspecified atom stereocenters. The zero-order valence-electron chi connectivity index (χ0n) is 16.1. The highest BCUT2D eigenvalue weighted by atomic mass is 16.6. The molecule has 4 rings (SSSR count). The molecule has 0 aliphatic heterocycles. The Morgan fingerprint density at radius 2 is 1.81 bits per heavy atom. The van der Waals surface area contributed by atoms with Crippen LogP contribution in [-0.2, 0) is 0 Å². The molecule has 0 saturated heterocycles. The lowest BCUT2D eigenvalue weighted by Crippen LogP contribution is -2.15. The van der Waals surface area contributed by atoms with E-state index in [4.69, 9.17) is 0 Å². The second-order valence-corrected chi connectivity index (χ2v) is 6.61. The quantitative estimate of drug-likeness (QED) is 0.383.